The SMILES string of the molecule is O=C(CN1CCC(CO)CC1)c1ccc(O)cc1O. The number of likely N-dealkylation sites (tertiary alicyclic amines) is 1. The summed E-state index contributed by atoms with van der Waals surface area (Å²) in [4.78, 5) is 14.1. The van der Waals surface area contributed by atoms with Gasteiger partial charge in [-0.3, -0.25) is 9.69 Å². The van der Waals surface area contributed by atoms with E-state index in [0.717, 1.165) is 25.9 Å². The highest BCUT2D eigenvalue weighted by Crippen LogP contribution is 2.24. The topological polar surface area (TPSA) is 81.0 Å². The Labute approximate surface area is 112 Å². The molecule has 1 saturated heterocycles. The number of phenols is 2. The minimum Gasteiger partial charge on any atom is -0.508 e. The van der Waals surface area contributed by atoms with Crippen LogP contribution in [0, 0.1) is 5.92 Å². The van der Waals surface area contributed by atoms with Gasteiger partial charge in [-0.05, 0) is 44.0 Å². The van der Waals surface area contributed by atoms with Crippen molar-refractivity contribution in [1.82, 2.24) is 4.90 Å². The van der Waals surface area contributed by atoms with Crippen LogP contribution >= 0.6 is 0 Å². The van der Waals surface area contributed by atoms with Crippen molar-refractivity contribution < 1.29 is 20.1 Å². The van der Waals surface area contributed by atoms with Gasteiger partial charge in [-0.2, -0.15) is 0 Å². The molecule has 104 valence electrons. The standard InChI is InChI=1S/C14H19NO4/c16-9-10-3-5-15(6-4-10)8-14(19)12-2-1-11(17)7-13(12)18/h1-2,7,10,16-18H,3-6,8-9H2. The maximum atomic E-state index is 12.1. The highest BCUT2D eigenvalue weighted by atomic mass is 16.3. The molecule has 2 rings (SSSR count). The van der Waals surface area contributed by atoms with E-state index in [1.54, 1.807) is 0 Å². The van der Waals surface area contributed by atoms with Crippen LogP contribution < -0.4 is 0 Å². The number of carbonyl (C=O) groups excluding carboxylic acids is 1. The summed E-state index contributed by atoms with van der Waals surface area (Å²) in [6.07, 6.45) is 1.79. The zero-order valence-electron chi connectivity index (χ0n) is 10.7. The average Bonchev–Trinajstić information content (AvgIpc) is 2.39. The Bertz CT molecular complexity index is 453. The zero-order chi connectivity index (χ0) is 13.8. The third-order valence-corrected chi connectivity index (χ3v) is 3.61. The second kappa shape index (κ2) is 6.04. The first-order valence-electron chi connectivity index (χ1n) is 6.48. The number of hydrogen-bond donors (Lipinski definition) is 3. The van der Waals surface area contributed by atoms with Gasteiger partial charge in [0.2, 0.25) is 0 Å². The van der Waals surface area contributed by atoms with Gasteiger partial charge >= 0.3 is 0 Å². The lowest BCUT2D eigenvalue weighted by molar-refractivity contribution is 0.0861. The highest BCUT2D eigenvalue weighted by molar-refractivity contribution is 6.00. The molecule has 1 fully saturated rings. The third-order valence-electron chi connectivity index (χ3n) is 3.61. The van der Waals surface area contributed by atoms with Gasteiger partial charge in [-0.25, -0.2) is 0 Å². The molecule has 0 unspecified atom stereocenters. The van der Waals surface area contributed by atoms with Crippen LogP contribution in [0.3, 0.4) is 0 Å². The van der Waals surface area contributed by atoms with Crippen LogP contribution in [0.25, 0.3) is 0 Å². The van der Waals surface area contributed by atoms with Crippen molar-refractivity contribution in [3.63, 3.8) is 0 Å². The van der Waals surface area contributed by atoms with E-state index in [9.17, 15) is 15.0 Å². The fourth-order valence-electron chi connectivity index (χ4n) is 2.37. The van der Waals surface area contributed by atoms with Gasteiger partial charge in [-0.1, -0.05) is 0 Å². The number of hydrogen-bond acceptors (Lipinski definition) is 5. The summed E-state index contributed by atoms with van der Waals surface area (Å²) in [5, 5.41) is 27.9. The van der Waals surface area contributed by atoms with Crippen molar-refractivity contribution >= 4 is 5.78 Å². The first-order valence-corrected chi connectivity index (χ1v) is 6.48. The van der Waals surface area contributed by atoms with Crippen LogP contribution in [-0.4, -0.2) is 52.2 Å². The summed E-state index contributed by atoms with van der Waals surface area (Å²) in [5.74, 6) is -0.0542. The molecule has 0 aromatic heterocycles. The number of nitrogens with zero attached hydrogens (tertiary/aromatic N) is 1. The van der Waals surface area contributed by atoms with Crippen molar-refractivity contribution in [1.29, 1.82) is 0 Å². The van der Waals surface area contributed by atoms with Crippen LogP contribution in [-0.2, 0) is 0 Å². The number of rotatable bonds is 4. The summed E-state index contributed by atoms with van der Waals surface area (Å²) in [6.45, 7) is 2.04. The summed E-state index contributed by atoms with van der Waals surface area (Å²) in [5.41, 5.74) is 0.238. The van der Waals surface area contributed by atoms with E-state index in [4.69, 9.17) is 5.11 Å². The van der Waals surface area contributed by atoms with Gasteiger partial charge in [0.05, 0.1) is 12.1 Å². The average molecular weight is 265 g/mol. The molecule has 19 heavy (non-hydrogen) atoms. The summed E-state index contributed by atoms with van der Waals surface area (Å²) in [7, 11) is 0. The van der Waals surface area contributed by atoms with Crippen LogP contribution in [0.1, 0.15) is 23.2 Å². The van der Waals surface area contributed by atoms with Gasteiger partial charge in [0, 0.05) is 12.7 Å². The van der Waals surface area contributed by atoms with Gasteiger partial charge in [0.1, 0.15) is 11.5 Å². The number of aromatic hydroxyl groups is 2. The molecule has 0 atom stereocenters. The summed E-state index contributed by atoms with van der Waals surface area (Å²) >= 11 is 0. The molecule has 0 amide bonds. The van der Waals surface area contributed by atoms with E-state index in [-0.39, 0.29) is 36.0 Å². The largest absolute Gasteiger partial charge is 0.508 e. The Hall–Kier alpha value is -1.59. The van der Waals surface area contributed by atoms with Crippen LogP contribution in [0.5, 0.6) is 11.5 Å². The quantitative estimate of drug-likeness (QED) is 0.707. The maximum Gasteiger partial charge on any atom is 0.180 e. The van der Waals surface area contributed by atoms with Crippen LogP contribution in [0.2, 0.25) is 0 Å². The molecule has 5 nitrogen and oxygen atoms in total. The van der Waals surface area contributed by atoms with E-state index in [1.165, 1.54) is 18.2 Å². The summed E-state index contributed by atoms with van der Waals surface area (Å²) in [6, 6.07) is 4.00. The lowest BCUT2D eigenvalue weighted by Crippen LogP contribution is -2.38. The molecular weight excluding hydrogens is 246 g/mol. The Morgan fingerprint density at radius 1 is 1.26 bits per heavy atom. The Kier molecular flexibility index (Phi) is 4.39. The molecule has 1 aromatic carbocycles. The molecule has 1 aliphatic heterocycles. The van der Waals surface area contributed by atoms with E-state index in [1.807, 2.05) is 4.90 Å². The molecule has 0 radical (unpaired) electrons. The van der Waals surface area contributed by atoms with Crippen LogP contribution in [0.4, 0.5) is 0 Å². The molecule has 1 heterocycles. The first kappa shape index (κ1) is 13.8. The van der Waals surface area contributed by atoms with Gasteiger partial charge < -0.3 is 15.3 Å². The molecule has 3 N–H and O–H groups in total. The molecule has 5 heteroatoms. The minimum absolute atomic E-state index is 0.0576. The predicted octanol–water partition coefficient (Wildman–Crippen LogP) is 0.985. The van der Waals surface area contributed by atoms with Gasteiger partial charge in [0.25, 0.3) is 0 Å². The number of benzene rings is 1. The van der Waals surface area contributed by atoms with Crippen molar-refractivity contribution in [3.05, 3.63) is 23.8 Å². The molecular formula is C14H19NO4. The van der Waals surface area contributed by atoms with E-state index in [0.29, 0.717) is 5.92 Å². The van der Waals surface area contributed by atoms with E-state index in [2.05, 4.69) is 0 Å². The number of phenolic OH excluding ortho intramolecular Hbond substituents is 2. The molecule has 1 aliphatic rings. The second-order valence-corrected chi connectivity index (χ2v) is 5.03. The lowest BCUT2D eigenvalue weighted by Gasteiger charge is -2.30. The minimum atomic E-state index is -0.185. The molecule has 0 saturated carbocycles. The zero-order valence-corrected chi connectivity index (χ0v) is 10.7. The van der Waals surface area contributed by atoms with Gasteiger partial charge in [-0.15, -0.1) is 0 Å². The molecule has 0 aliphatic carbocycles. The smallest absolute Gasteiger partial charge is 0.180 e. The molecule has 0 bridgehead atoms. The first-order chi connectivity index (χ1) is 9.10. The number of piperidine rings is 1. The highest BCUT2D eigenvalue weighted by Gasteiger charge is 2.21. The van der Waals surface area contributed by atoms with Crippen molar-refractivity contribution in [2.45, 2.75) is 12.8 Å². The monoisotopic (exact) mass is 265 g/mol. The fraction of sp³-hybridized carbons (Fsp3) is 0.500. The summed E-state index contributed by atoms with van der Waals surface area (Å²) < 4.78 is 0. The van der Waals surface area contributed by atoms with Crippen molar-refractivity contribution in [3.8, 4) is 11.5 Å². The van der Waals surface area contributed by atoms with Gasteiger partial charge in [0.15, 0.2) is 5.78 Å². The van der Waals surface area contributed by atoms with Crippen LogP contribution in [0.15, 0.2) is 18.2 Å². The number of aliphatic hydroxyl groups is 1. The predicted molar refractivity (Wildman–Crippen MR) is 70.4 cm³/mol. The third kappa shape index (κ3) is 3.45. The molecule has 0 spiro atoms. The van der Waals surface area contributed by atoms with Crippen molar-refractivity contribution in [2.24, 2.45) is 5.92 Å². The Balaban J connectivity index is 1.94. The van der Waals surface area contributed by atoms with E-state index < -0.39 is 0 Å². The van der Waals surface area contributed by atoms with Crippen molar-refractivity contribution in [2.75, 3.05) is 26.2 Å². The number of ketones is 1. The second-order valence-electron chi connectivity index (χ2n) is 5.03. The number of carbonyl (C=O) groups is 1. The molecule has 1 aromatic rings. The Morgan fingerprint density at radius 3 is 2.53 bits per heavy atom. The maximum absolute atomic E-state index is 12.1. The Morgan fingerprint density at radius 2 is 1.95 bits per heavy atom. The number of aliphatic hydroxyl groups excluding tert-OH is 1. The van der Waals surface area contributed by atoms with E-state index >= 15 is 0 Å². The lowest BCUT2D eigenvalue weighted by atomic mass is 9.97. The number of Topliss-reactive ketones (excluding diaryl/α,β-unsaturated/α-hetero) is 1. The normalized spacial score (nSPS) is 17.5. The fourth-order valence-corrected chi connectivity index (χ4v) is 2.37.